The summed E-state index contributed by atoms with van der Waals surface area (Å²) in [5.74, 6) is -0.721. The van der Waals surface area contributed by atoms with Crippen molar-refractivity contribution in [2.24, 2.45) is 0 Å². The van der Waals surface area contributed by atoms with Crippen LogP contribution in [0.15, 0.2) is 48.5 Å². The lowest BCUT2D eigenvalue weighted by atomic mass is 10.0. The number of hydrogen-bond acceptors (Lipinski definition) is 2. The lowest BCUT2D eigenvalue weighted by Crippen LogP contribution is -2.17. The zero-order valence-electron chi connectivity index (χ0n) is 10.4. The molecule has 7 heteroatoms. The van der Waals surface area contributed by atoms with E-state index in [0.29, 0.717) is 0 Å². The van der Waals surface area contributed by atoms with Crippen LogP contribution in [-0.2, 0) is 0 Å². The van der Waals surface area contributed by atoms with E-state index in [1.54, 1.807) is 0 Å². The molecule has 0 aliphatic carbocycles. The minimum Gasteiger partial charge on any atom is -0.434 e. The van der Waals surface area contributed by atoms with Crippen molar-refractivity contribution in [1.29, 1.82) is 0 Å². The molecule has 0 unspecified atom stereocenters. The fourth-order valence-electron chi connectivity index (χ4n) is 1.79. The van der Waals surface area contributed by atoms with Gasteiger partial charge in [0.1, 0.15) is 11.5 Å². The Morgan fingerprint density at radius 2 is 1.24 bits per heavy atom. The van der Waals surface area contributed by atoms with E-state index < -0.39 is 18.7 Å². The molecule has 2 aromatic carbocycles. The number of halogens is 5. The highest BCUT2D eigenvalue weighted by Crippen LogP contribution is 2.38. The molecule has 0 amide bonds. The number of alkyl halides is 5. The van der Waals surface area contributed by atoms with Gasteiger partial charge in [0.2, 0.25) is 0 Å². The highest BCUT2D eigenvalue weighted by Gasteiger charge is 2.32. The van der Waals surface area contributed by atoms with Crippen LogP contribution in [0.4, 0.5) is 22.0 Å². The highest BCUT2D eigenvalue weighted by atomic mass is 19.4. The predicted molar refractivity (Wildman–Crippen MR) is 65.2 cm³/mol. The molecule has 0 spiro atoms. The average Bonchev–Trinajstić information content (AvgIpc) is 2.38. The van der Waals surface area contributed by atoms with Gasteiger partial charge in [0, 0.05) is 11.1 Å². The minimum atomic E-state index is -4.88. The Morgan fingerprint density at radius 3 is 1.76 bits per heavy atom. The SMILES string of the molecule is FC(F)Oc1ccccc1-c1ccccc1OC(F)(F)F. The number of para-hydroxylation sites is 2. The zero-order valence-corrected chi connectivity index (χ0v) is 10.4. The maximum Gasteiger partial charge on any atom is 0.573 e. The third-order valence-electron chi connectivity index (χ3n) is 2.51. The second-order valence-electron chi connectivity index (χ2n) is 3.92. The molecule has 0 fully saturated rings. The molecule has 112 valence electrons. The first kappa shape index (κ1) is 15.1. The second-order valence-corrected chi connectivity index (χ2v) is 3.92. The summed E-state index contributed by atoms with van der Waals surface area (Å²) < 4.78 is 70.1. The van der Waals surface area contributed by atoms with E-state index in [4.69, 9.17) is 0 Å². The lowest BCUT2D eigenvalue weighted by molar-refractivity contribution is -0.274. The van der Waals surface area contributed by atoms with Crippen molar-refractivity contribution in [3.63, 3.8) is 0 Å². The van der Waals surface area contributed by atoms with E-state index in [1.807, 2.05) is 0 Å². The van der Waals surface area contributed by atoms with Crippen molar-refractivity contribution in [2.75, 3.05) is 0 Å². The van der Waals surface area contributed by atoms with E-state index in [0.717, 1.165) is 6.07 Å². The van der Waals surface area contributed by atoms with Gasteiger partial charge in [0.25, 0.3) is 0 Å². The first-order chi connectivity index (χ1) is 9.87. The molecule has 0 atom stereocenters. The molecule has 2 aromatic rings. The van der Waals surface area contributed by atoms with Crippen molar-refractivity contribution in [2.45, 2.75) is 13.0 Å². The van der Waals surface area contributed by atoms with Crippen LogP contribution in [0, 0.1) is 0 Å². The van der Waals surface area contributed by atoms with E-state index in [-0.39, 0.29) is 16.9 Å². The second kappa shape index (κ2) is 5.99. The monoisotopic (exact) mass is 304 g/mol. The largest absolute Gasteiger partial charge is 0.573 e. The number of benzene rings is 2. The van der Waals surface area contributed by atoms with Gasteiger partial charge >= 0.3 is 13.0 Å². The Morgan fingerprint density at radius 1 is 0.762 bits per heavy atom. The summed E-state index contributed by atoms with van der Waals surface area (Å²) >= 11 is 0. The van der Waals surface area contributed by atoms with Crippen LogP contribution in [0.5, 0.6) is 11.5 Å². The molecule has 0 saturated heterocycles. The maximum atomic E-state index is 12.4. The van der Waals surface area contributed by atoms with Crippen LogP contribution < -0.4 is 9.47 Å². The van der Waals surface area contributed by atoms with Crippen LogP contribution in [-0.4, -0.2) is 13.0 Å². The molecule has 0 aliphatic rings. The summed E-state index contributed by atoms with van der Waals surface area (Å²) in [6, 6.07) is 10.8. The Hall–Kier alpha value is -2.31. The van der Waals surface area contributed by atoms with Gasteiger partial charge in [-0.1, -0.05) is 36.4 Å². The van der Waals surface area contributed by atoms with Gasteiger partial charge in [-0.15, -0.1) is 13.2 Å². The number of ether oxygens (including phenoxy) is 2. The smallest absolute Gasteiger partial charge is 0.434 e. The fourth-order valence-corrected chi connectivity index (χ4v) is 1.79. The summed E-state index contributed by atoms with van der Waals surface area (Å²) in [6.45, 7) is -3.08. The summed E-state index contributed by atoms with van der Waals surface area (Å²) in [6.07, 6.45) is -4.88. The van der Waals surface area contributed by atoms with Gasteiger partial charge in [-0.25, -0.2) is 0 Å². The molecule has 0 saturated carbocycles. The van der Waals surface area contributed by atoms with Gasteiger partial charge in [-0.3, -0.25) is 0 Å². The van der Waals surface area contributed by atoms with E-state index in [2.05, 4.69) is 9.47 Å². The van der Waals surface area contributed by atoms with E-state index >= 15 is 0 Å². The molecule has 2 rings (SSSR count). The predicted octanol–water partition coefficient (Wildman–Crippen LogP) is 4.85. The third kappa shape index (κ3) is 4.08. The Labute approximate surface area is 116 Å². The fraction of sp³-hybridized carbons (Fsp3) is 0.143. The van der Waals surface area contributed by atoms with Crippen molar-refractivity contribution in [3.8, 4) is 22.6 Å². The molecular weight excluding hydrogens is 295 g/mol. The molecule has 0 aromatic heterocycles. The van der Waals surface area contributed by atoms with Crippen LogP contribution in [0.25, 0.3) is 11.1 Å². The molecule has 0 bridgehead atoms. The standard InChI is InChI=1S/C14H9F5O2/c15-13(16)20-11-7-3-1-5-9(11)10-6-2-4-8-12(10)21-14(17,18)19/h1-8,13H. The van der Waals surface area contributed by atoms with Crippen LogP contribution in [0.1, 0.15) is 0 Å². The normalized spacial score (nSPS) is 11.5. The Kier molecular flexibility index (Phi) is 4.30. The summed E-state index contributed by atoms with van der Waals surface area (Å²) in [5, 5.41) is 0. The molecule has 2 nitrogen and oxygen atoms in total. The summed E-state index contributed by atoms with van der Waals surface area (Å²) in [5.41, 5.74) is 0.0868. The van der Waals surface area contributed by atoms with Gasteiger partial charge in [-0.2, -0.15) is 8.78 Å². The van der Waals surface area contributed by atoms with Gasteiger partial charge in [0.15, 0.2) is 0 Å². The van der Waals surface area contributed by atoms with Gasteiger partial charge in [-0.05, 0) is 12.1 Å². The van der Waals surface area contributed by atoms with Crippen molar-refractivity contribution in [3.05, 3.63) is 48.5 Å². The molecule has 0 N–H and O–H groups in total. The Bertz CT molecular complexity index is 610. The topological polar surface area (TPSA) is 18.5 Å². The van der Waals surface area contributed by atoms with E-state index in [1.165, 1.54) is 42.5 Å². The summed E-state index contributed by atoms with van der Waals surface area (Å²) in [7, 11) is 0. The maximum absolute atomic E-state index is 12.4. The molecule has 0 heterocycles. The van der Waals surface area contributed by atoms with Gasteiger partial charge < -0.3 is 9.47 Å². The minimum absolute atomic E-state index is 0.00562. The van der Waals surface area contributed by atoms with Crippen molar-refractivity contribution >= 4 is 0 Å². The zero-order chi connectivity index (χ0) is 15.5. The summed E-state index contributed by atoms with van der Waals surface area (Å²) in [4.78, 5) is 0. The van der Waals surface area contributed by atoms with Crippen molar-refractivity contribution < 1.29 is 31.4 Å². The molecule has 21 heavy (non-hydrogen) atoms. The number of rotatable bonds is 4. The first-order valence-electron chi connectivity index (χ1n) is 5.76. The molecule has 0 radical (unpaired) electrons. The third-order valence-corrected chi connectivity index (χ3v) is 2.51. The van der Waals surface area contributed by atoms with Crippen LogP contribution >= 0.6 is 0 Å². The lowest BCUT2D eigenvalue weighted by Gasteiger charge is -2.15. The quantitative estimate of drug-likeness (QED) is 0.751. The van der Waals surface area contributed by atoms with Crippen LogP contribution in [0.2, 0.25) is 0 Å². The van der Waals surface area contributed by atoms with E-state index in [9.17, 15) is 22.0 Å². The average molecular weight is 304 g/mol. The van der Waals surface area contributed by atoms with Gasteiger partial charge in [0.05, 0.1) is 0 Å². The van der Waals surface area contributed by atoms with Crippen molar-refractivity contribution in [1.82, 2.24) is 0 Å². The Balaban J connectivity index is 2.47. The first-order valence-corrected chi connectivity index (χ1v) is 5.76. The van der Waals surface area contributed by atoms with Crippen LogP contribution in [0.3, 0.4) is 0 Å². The molecular formula is C14H9F5O2. The number of hydrogen-bond donors (Lipinski definition) is 0. The molecule has 0 aliphatic heterocycles. The highest BCUT2D eigenvalue weighted by molar-refractivity contribution is 5.75.